The first-order valence-corrected chi connectivity index (χ1v) is 6.69. The standard InChI is InChI=1S/C15H23FN2/c1-10-5-6-13(8-15(10)16)12(3)17-14-7-11(2)18(4)9-14/h5-6,8,11-12,14,17H,7,9H2,1-4H3. The molecule has 1 aromatic rings. The summed E-state index contributed by atoms with van der Waals surface area (Å²) in [6.45, 7) is 7.22. The lowest BCUT2D eigenvalue weighted by Crippen LogP contribution is -2.33. The summed E-state index contributed by atoms with van der Waals surface area (Å²) in [6, 6.07) is 6.84. The van der Waals surface area contributed by atoms with Crippen LogP contribution in [0, 0.1) is 12.7 Å². The molecule has 0 aromatic heterocycles. The molecule has 1 saturated heterocycles. The van der Waals surface area contributed by atoms with Gasteiger partial charge in [0.1, 0.15) is 5.82 Å². The molecule has 3 heteroatoms. The fourth-order valence-corrected chi connectivity index (χ4v) is 2.64. The molecule has 0 saturated carbocycles. The van der Waals surface area contributed by atoms with Crippen LogP contribution < -0.4 is 5.32 Å². The number of hydrogen-bond acceptors (Lipinski definition) is 2. The molecule has 100 valence electrons. The van der Waals surface area contributed by atoms with Gasteiger partial charge < -0.3 is 10.2 Å². The van der Waals surface area contributed by atoms with Crippen LogP contribution in [0.15, 0.2) is 18.2 Å². The Kier molecular flexibility index (Phi) is 4.03. The van der Waals surface area contributed by atoms with Gasteiger partial charge in [0.2, 0.25) is 0 Å². The topological polar surface area (TPSA) is 15.3 Å². The van der Waals surface area contributed by atoms with E-state index in [1.54, 1.807) is 13.0 Å². The lowest BCUT2D eigenvalue weighted by Gasteiger charge is -2.20. The van der Waals surface area contributed by atoms with Gasteiger partial charge in [0.15, 0.2) is 0 Å². The van der Waals surface area contributed by atoms with E-state index in [4.69, 9.17) is 0 Å². The molecule has 1 aromatic carbocycles. The number of halogens is 1. The van der Waals surface area contributed by atoms with Crippen LogP contribution in [0.3, 0.4) is 0 Å². The van der Waals surface area contributed by atoms with E-state index < -0.39 is 0 Å². The van der Waals surface area contributed by atoms with Crippen LogP contribution in [-0.2, 0) is 0 Å². The van der Waals surface area contributed by atoms with E-state index in [-0.39, 0.29) is 11.9 Å². The number of nitrogens with one attached hydrogen (secondary N) is 1. The molecule has 18 heavy (non-hydrogen) atoms. The maximum atomic E-state index is 13.5. The van der Waals surface area contributed by atoms with Gasteiger partial charge >= 0.3 is 0 Å². The van der Waals surface area contributed by atoms with Crippen molar-refractivity contribution >= 4 is 0 Å². The van der Waals surface area contributed by atoms with Crippen molar-refractivity contribution in [2.75, 3.05) is 13.6 Å². The monoisotopic (exact) mass is 250 g/mol. The second kappa shape index (κ2) is 5.37. The van der Waals surface area contributed by atoms with Crippen LogP contribution in [-0.4, -0.2) is 30.6 Å². The molecule has 1 aliphatic rings. The number of likely N-dealkylation sites (tertiary alicyclic amines) is 1. The quantitative estimate of drug-likeness (QED) is 0.887. The van der Waals surface area contributed by atoms with Crippen molar-refractivity contribution in [3.63, 3.8) is 0 Å². The Morgan fingerprint density at radius 2 is 2.17 bits per heavy atom. The highest BCUT2D eigenvalue weighted by Gasteiger charge is 2.27. The van der Waals surface area contributed by atoms with E-state index in [1.165, 1.54) is 0 Å². The highest BCUT2D eigenvalue weighted by Crippen LogP contribution is 2.21. The fourth-order valence-electron chi connectivity index (χ4n) is 2.64. The second-order valence-electron chi connectivity index (χ2n) is 5.62. The third-order valence-electron chi connectivity index (χ3n) is 4.07. The Balaban J connectivity index is 1.99. The molecule has 3 atom stereocenters. The summed E-state index contributed by atoms with van der Waals surface area (Å²) >= 11 is 0. The van der Waals surface area contributed by atoms with Gasteiger partial charge in [0, 0.05) is 24.7 Å². The molecule has 3 unspecified atom stereocenters. The van der Waals surface area contributed by atoms with Crippen molar-refractivity contribution in [2.24, 2.45) is 0 Å². The molecule has 0 aliphatic carbocycles. The van der Waals surface area contributed by atoms with Gasteiger partial charge in [-0.05, 0) is 51.4 Å². The number of benzene rings is 1. The Morgan fingerprint density at radius 3 is 2.72 bits per heavy atom. The van der Waals surface area contributed by atoms with Crippen LogP contribution in [0.5, 0.6) is 0 Å². The maximum absolute atomic E-state index is 13.5. The lowest BCUT2D eigenvalue weighted by atomic mass is 10.0. The number of likely N-dealkylation sites (N-methyl/N-ethyl adjacent to an activating group) is 1. The molecule has 0 spiro atoms. The van der Waals surface area contributed by atoms with Crippen molar-refractivity contribution < 1.29 is 4.39 Å². The number of nitrogens with zero attached hydrogens (tertiary/aromatic N) is 1. The first-order valence-electron chi connectivity index (χ1n) is 6.69. The zero-order valence-electron chi connectivity index (χ0n) is 11.7. The molecule has 1 heterocycles. The van der Waals surface area contributed by atoms with Crippen LogP contribution >= 0.6 is 0 Å². The number of aryl methyl sites for hydroxylation is 1. The molecule has 2 rings (SSSR count). The van der Waals surface area contributed by atoms with Gasteiger partial charge in [0.05, 0.1) is 0 Å². The van der Waals surface area contributed by atoms with Gasteiger partial charge in [-0.2, -0.15) is 0 Å². The summed E-state index contributed by atoms with van der Waals surface area (Å²) in [4.78, 5) is 2.36. The minimum atomic E-state index is -0.113. The van der Waals surface area contributed by atoms with Gasteiger partial charge in [-0.3, -0.25) is 0 Å². The second-order valence-corrected chi connectivity index (χ2v) is 5.62. The summed E-state index contributed by atoms with van der Waals surface area (Å²) in [5, 5.41) is 3.59. The highest BCUT2D eigenvalue weighted by atomic mass is 19.1. The van der Waals surface area contributed by atoms with Crippen LogP contribution in [0.1, 0.15) is 37.4 Å². The minimum Gasteiger partial charge on any atom is -0.306 e. The molecule has 0 bridgehead atoms. The molecule has 1 aliphatic heterocycles. The molecule has 1 fully saturated rings. The van der Waals surface area contributed by atoms with Crippen molar-refractivity contribution in [1.29, 1.82) is 0 Å². The molecule has 1 N–H and O–H groups in total. The summed E-state index contributed by atoms with van der Waals surface area (Å²) in [7, 11) is 2.16. The van der Waals surface area contributed by atoms with Crippen LogP contribution in [0.2, 0.25) is 0 Å². The number of rotatable bonds is 3. The Labute approximate surface area is 109 Å². The maximum Gasteiger partial charge on any atom is 0.126 e. The Bertz CT molecular complexity index is 409. The highest BCUT2D eigenvalue weighted by molar-refractivity contribution is 5.25. The molecule has 0 radical (unpaired) electrons. The smallest absolute Gasteiger partial charge is 0.126 e. The van der Waals surface area contributed by atoms with Gasteiger partial charge in [0.25, 0.3) is 0 Å². The summed E-state index contributed by atoms with van der Waals surface area (Å²) in [6.07, 6.45) is 1.16. The zero-order valence-corrected chi connectivity index (χ0v) is 11.7. The van der Waals surface area contributed by atoms with Crippen molar-refractivity contribution in [3.05, 3.63) is 35.1 Å². The van der Waals surface area contributed by atoms with E-state index in [9.17, 15) is 4.39 Å². The predicted molar refractivity (Wildman–Crippen MR) is 73.2 cm³/mol. The van der Waals surface area contributed by atoms with E-state index >= 15 is 0 Å². The molecule has 0 amide bonds. The first-order chi connectivity index (χ1) is 8.47. The molecule has 2 nitrogen and oxygen atoms in total. The normalized spacial score (nSPS) is 26.5. The summed E-state index contributed by atoms with van der Waals surface area (Å²) in [5.41, 5.74) is 1.74. The predicted octanol–water partition coefficient (Wildman–Crippen LogP) is 2.88. The lowest BCUT2D eigenvalue weighted by molar-refractivity contribution is 0.325. The first kappa shape index (κ1) is 13.5. The van der Waals surface area contributed by atoms with E-state index in [0.717, 1.165) is 18.5 Å². The van der Waals surface area contributed by atoms with E-state index in [1.807, 2.05) is 12.1 Å². The largest absolute Gasteiger partial charge is 0.306 e. The molecular weight excluding hydrogens is 227 g/mol. The van der Waals surface area contributed by atoms with Gasteiger partial charge in [-0.25, -0.2) is 4.39 Å². The Morgan fingerprint density at radius 1 is 1.44 bits per heavy atom. The van der Waals surface area contributed by atoms with Crippen LogP contribution in [0.4, 0.5) is 4.39 Å². The van der Waals surface area contributed by atoms with Crippen molar-refractivity contribution in [2.45, 2.75) is 45.3 Å². The van der Waals surface area contributed by atoms with Crippen molar-refractivity contribution in [1.82, 2.24) is 10.2 Å². The molecular formula is C15H23FN2. The van der Waals surface area contributed by atoms with E-state index in [2.05, 4.69) is 31.1 Å². The summed E-state index contributed by atoms with van der Waals surface area (Å²) < 4.78 is 13.5. The van der Waals surface area contributed by atoms with E-state index in [0.29, 0.717) is 17.6 Å². The van der Waals surface area contributed by atoms with Crippen molar-refractivity contribution in [3.8, 4) is 0 Å². The average molecular weight is 250 g/mol. The van der Waals surface area contributed by atoms with Crippen LogP contribution in [0.25, 0.3) is 0 Å². The Hall–Kier alpha value is -0.930. The average Bonchev–Trinajstić information content (AvgIpc) is 2.61. The third kappa shape index (κ3) is 2.90. The number of hydrogen-bond donors (Lipinski definition) is 1. The fraction of sp³-hybridized carbons (Fsp3) is 0.600. The summed E-state index contributed by atoms with van der Waals surface area (Å²) in [5.74, 6) is -0.113. The minimum absolute atomic E-state index is 0.113. The zero-order chi connectivity index (χ0) is 13.3. The third-order valence-corrected chi connectivity index (χ3v) is 4.07. The van der Waals surface area contributed by atoms with Gasteiger partial charge in [-0.15, -0.1) is 0 Å². The van der Waals surface area contributed by atoms with Gasteiger partial charge in [-0.1, -0.05) is 12.1 Å². The SMILES string of the molecule is Cc1ccc(C(C)NC2CC(C)N(C)C2)cc1F.